The van der Waals surface area contributed by atoms with E-state index in [0.717, 1.165) is 13.0 Å². The van der Waals surface area contributed by atoms with E-state index in [4.69, 9.17) is 9.84 Å². The second-order valence-corrected chi connectivity index (χ2v) is 2.66. The summed E-state index contributed by atoms with van der Waals surface area (Å²) in [6, 6.07) is 0. The molecule has 0 rings (SSSR count). The second kappa shape index (κ2) is 7.06. The number of carboxylic acid groups (broad SMARTS) is 1. The number of carbonyl (C=O) groups is 1. The van der Waals surface area contributed by atoms with Crippen LogP contribution in [0.3, 0.4) is 0 Å². The summed E-state index contributed by atoms with van der Waals surface area (Å²) in [4.78, 5) is 12.2. The highest BCUT2D eigenvalue weighted by molar-refractivity contribution is 5.69. The minimum Gasteiger partial charge on any atom is -0.480 e. The number of carboxylic acids is 1. The zero-order valence-corrected chi connectivity index (χ0v) is 7.75. The van der Waals surface area contributed by atoms with Crippen molar-refractivity contribution in [3.63, 3.8) is 0 Å². The van der Waals surface area contributed by atoms with Crippen LogP contribution in [0.5, 0.6) is 0 Å². The van der Waals surface area contributed by atoms with Gasteiger partial charge in [0.05, 0.1) is 13.2 Å². The van der Waals surface area contributed by atoms with Crippen molar-refractivity contribution >= 4 is 5.97 Å². The van der Waals surface area contributed by atoms with Crippen LogP contribution in [-0.4, -0.2) is 49.3 Å². The Kier molecular flexibility index (Phi) is 6.70. The first-order chi connectivity index (χ1) is 5.70. The Morgan fingerprint density at radius 3 is 2.58 bits per heavy atom. The highest BCUT2D eigenvalue weighted by Crippen LogP contribution is 1.90. The molecule has 4 heteroatoms. The van der Waals surface area contributed by atoms with Gasteiger partial charge in [0.15, 0.2) is 0 Å². The second-order valence-electron chi connectivity index (χ2n) is 2.66. The molecule has 0 aromatic carbocycles. The lowest BCUT2D eigenvalue weighted by Crippen LogP contribution is -2.33. The lowest BCUT2D eigenvalue weighted by Gasteiger charge is -2.18. The summed E-state index contributed by atoms with van der Waals surface area (Å²) in [5, 5.41) is 8.53. The van der Waals surface area contributed by atoms with Crippen molar-refractivity contribution in [3.8, 4) is 0 Å². The third kappa shape index (κ3) is 6.12. The lowest BCUT2D eigenvalue weighted by atomic mass is 10.4. The molecular formula is C8H17NO3. The lowest BCUT2D eigenvalue weighted by molar-refractivity contribution is -0.138. The first kappa shape index (κ1) is 11.4. The maximum absolute atomic E-state index is 10.4. The van der Waals surface area contributed by atoms with E-state index >= 15 is 0 Å². The van der Waals surface area contributed by atoms with E-state index in [0.29, 0.717) is 13.2 Å². The monoisotopic (exact) mass is 175 g/mol. The van der Waals surface area contributed by atoms with E-state index in [2.05, 4.69) is 0 Å². The van der Waals surface area contributed by atoms with Crippen LogP contribution in [0, 0.1) is 0 Å². The van der Waals surface area contributed by atoms with Crippen LogP contribution in [0.2, 0.25) is 0 Å². The average molecular weight is 175 g/mol. The summed E-state index contributed by atoms with van der Waals surface area (Å²) in [5.41, 5.74) is 0. The molecule has 0 spiro atoms. The van der Waals surface area contributed by atoms with E-state index < -0.39 is 5.97 Å². The Labute approximate surface area is 73.1 Å². The molecule has 0 aliphatic rings. The largest absolute Gasteiger partial charge is 0.480 e. The predicted octanol–water partition coefficient (Wildman–Crippen LogP) is 0.429. The molecule has 0 unspecified atom stereocenters. The molecule has 0 aliphatic heterocycles. The van der Waals surface area contributed by atoms with Gasteiger partial charge >= 0.3 is 5.97 Å². The maximum Gasteiger partial charge on any atom is 0.317 e. The molecule has 0 heterocycles. The summed E-state index contributed by atoms with van der Waals surface area (Å²) in [5.74, 6) is -0.778. The highest BCUT2D eigenvalue weighted by atomic mass is 16.5. The van der Waals surface area contributed by atoms with Crippen molar-refractivity contribution < 1.29 is 14.6 Å². The highest BCUT2D eigenvalue weighted by Gasteiger charge is 2.07. The molecular weight excluding hydrogens is 158 g/mol. The van der Waals surface area contributed by atoms with Gasteiger partial charge in [0.1, 0.15) is 0 Å². The van der Waals surface area contributed by atoms with Crippen molar-refractivity contribution in [2.75, 3.05) is 33.4 Å². The first-order valence-corrected chi connectivity index (χ1v) is 4.13. The topological polar surface area (TPSA) is 49.8 Å². The van der Waals surface area contributed by atoms with Gasteiger partial charge in [-0.15, -0.1) is 0 Å². The number of rotatable bonds is 7. The fraction of sp³-hybridized carbons (Fsp3) is 0.875. The van der Waals surface area contributed by atoms with Crippen LogP contribution in [0.1, 0.15) is 13.3 Å². The smallest absolute Gasteiger partial charge is 0.317 e. The minimum absolute atomic E-state index is 0.108. The van der Waals surface area contributed by atoms with Gasteiger partial charge in [0, 0.05) is 13.7 Å². The van der Waals surface area contributed by atoms with Gasteiger partial charge in [-0.25, -0.2) is 0 Å². The van der Waals surface area contributed by atoms with Gasteiger partial charge in [0.2, 0.25) is 0 Å². The zero-order valence-electron chi connectivity index (χ0n) is 7.75. The van der Waals surface area contributed by atoms with E-state index in [9.17, 15) is 4.79 Å². The SMILES string of the molecule is CCCN(CCOC)CC(=O)O. The molecule has 72 valence electrons. The molecule has 0 amide bonds. The Morgan fingerprint density at radius 2 is 2.17 bits per heavy atom. The third-order valence-electron chi connectivity index (χ3n) is 1.51. The number of nitrogens with zero attached hydrogens (tertiary/aromatic N) is 1. The summed E-state index contributed by atoms with van der Waals surface area (Å²) >= 11 is 0. The van der Waals surface area contributed by atoms with Crippen LogP contribution in [0.4, 0.5) is 0 Å². The molecule has 0 atom stereocenters. The van der Waals surface area contributed by atoms with Gasteiger partial charge < -0.3 is 9.84 Å². The van der Waals surface area contributed by atoms with Gasteiger partial charge in [-0.1, -0.05) is 6.92 Å². The number of aliphatic carboxylic acids is 1. The number of hydrogen-bond acceptors (Lipinski definition) is 3. The average Bonchev–Trinajstić information content (AvgIpc) is 2.00. The normalized spacial score (nSPS) is 10.6. The Bertz CT molecular complexity index is 127. The maximum atomic E-state index is 10.4. The summed E-state index contributed by atoms with van der Waals surface area (Å²) < 4.78 is 4.87. The molecule has 12 heavy (non-hydrogen) atoms. The molecule has 0 aromatic rings. The van der Waals surface area contributed by atoms with Crippen LogP contribution in [0.25, 0.3) is 0 Å². The molecule has 0 radical (unpaired) electrons. The molecule has 1 N–H and O–H groups in total. The molecule has 0 aromatic heterocycles. The van der Waals surface area contributed by atoms with Gasteiger partial charge in [-0.3, -0.25) is 9.69 Å². The summed E-state index contributed by atoms with van der Waals surface area (Å²) in [7, 11) is 1.62. The fourth-order valence-corrected chi connectivity index (χ4v) is 0.998. The van der Waals surface area contributed by atoms with Gasteiger partial charge in [0.25, 0.3) is 0 Å². The zero-order chi connectivity index (χ0) is 9.40. The van der Waals surface area contributed by atoms with Crippen LogP contribution < -0.4 is 0 Å². The molecule has 0 saturated carbocycles. The molecule has 0 fully saturated rings. The predicted molar refractivity (Wildman–Crippen MR) is 46.2 cm³/mol. The van der Waals surface area contributed by atoms with E-state index in [1.54, 1.807) is 7.11 Å². The summed E-state index contributed by atoms with van der Waals surface area (Å²) in [6.07, 6.45) is 0.969. The standard InChI is InChI=1S/C8H17NO3/c1-3-4-9(5-6-12-2)7-8(10)11/h3-7H2,1-2H3,(H,10,11). The van der Waals surface area contributed by atoms with Crippen LogP contribution in [-0.2, 0) is 9.53 Å². The fourth-order valence-electron chi connectivity index (χ4n) is 0.998. The van der Waals surface area contributed by atoms with Crippen molar-refractivity contribution in [2.45, 2.75) is 13.3 Å². The number of ether oxygens (including phenoxy) is 1. The number of hydrogen-bond donors (Lipinski definition) is 1. The molecule has 0 bridgehead atoms. The Balaban J connectivity index is 3.61. The number of methoxy groups -OCH3 is 1. The van der Waals surface area contributed by atoms with E-state index in [1.807, 2.05) is 11.8 Å². The molecule has 0 aliphatic carbocycles. The first-order valence-electron chi connectivity index (χ1n) is 4.13. The van der Waals surface area contributed by atoms with Gasteiger partial charge in [-0.2, -0.15) is 0 Å². The van der Waals surface area contributed by atoms with Crippen LogP contribution >= 0.6 is 0 Å². The summed E-state index contributed by atoms with van der Waals surface area (Å²) in [6.45, 7) is 4.23. The van der Waals surface area contributed by atoms with E-state index in [-0.39, 0.29) is 6.54 Å². The quantitative estimate of drug-likeness (QED) is 0.609. The van der Waals surface area contributed by atoms with Crippen molar-refractivity contribution in [3.05, 3.63) is 0 Å². The Morgan fingerprint density at radius 1 is 1.50 bits per heavy atom. The van der Waals surface area contributed by atoms with Gasteiger partial charge in [-0.05, 0) is 13.0 Å². The van der Waals surface area contributed by atoms with Crippen LogP contribution in [0.15, 0.2) is 0 Å². The minimum atomic E-state index is -0.778. The third-order valence-corrected chi connectivity index (χ3v) is 1.51. The van der Waals surface area contributed by atoms with Crippen molar-refractivity contribution in [1.82, 2.24) is 4.90 Å². The van der Waals surface area contributed by atoms with E-state index in [1.165, 1.54) is 0 Å². The van der Waals surface area contributed by atoms with Crippen molar-refractivity contribution in [2.24, 2.45) is 0 Å². The molecule has 4 nitrogen and oxygen atoms in total. The molecule has 0 saturated heterocycles. The van der Waals surface area contributed by atoms with Crippen molar-refractivity contribution in [1.29, 1.82) is 0 Å². The Hall–Kier alpha value is -0.610.